The number of hydrogen-bond donors (Lipinski definition) is 1. The monoisotopic (exact) mass is 334 g/mol. The normalized spacial score (nSPS) is 17.6. The maximum Gasteiger partial charge on any atom is 0.323 e. The molecule has 0 saturated carbocycles. The van der Waals surface area contributed by atoms with Gasteiger partial charge in [-0.1, -0.05) is 13.8 Å². The summed E-state index contributed by atoms with van der Waals surface area (Å²) in [6, 6.07) is -0.203. The second-order valence-electron chi connectivity index (χ2n) is 6.04. The van der Waals surface area contributed by atoms with Gasteiger partial charge < -0.3 is 10.0 Å². The highest BCUT2D eigenvalue weighted by molar-refractivity contribution is 7.89. The summed E-state index contributed by atoms with van der Waals surface area (Å²) in [5.41, 5.74) is 0. The van der Waals surface area contributed by atoms with Gasteiger partial charge in [0.15, 0.2) is 0 Å². The molecule has 0 aromatic carbocycles. The first-order valence-electron chi connectivity index (χ1n) is 7.66. The Morgan fingerprint density at radius 2 is 1.82 bits per heavy atom. The van der Waals surface area contributed by atoms with E-state index in [2.05, 4.69) is 0 Å². The first kappa shape index (κ1) is 18.9. The van der Waals surface area contributed by atoms with E-state index in [1.54, 1.807) is 6.92 Å². The highest BCUT2D eigenvalue weighted by Gasteiger charge is 2.32. The number of carbonyl (C=O) groups excluding carboxylic acids is 1. The zero-order chi connectivity index (χ0) is 16.9. The summed E-state index contributed by atoms with van der Waals surface area (Å²) in [6.45, 7) is 5.78. The van der Waals surface area contributed by atoms with Crippen molar-refractivity contribution in [3.8, 4) is 0 Å². The quantitative estimate of drug-likeness (QED) is 0.741. The van der Waals surface area contributed by atoms with Crippen LogP contribution in [-0.4, -0.2) is 66.0 Å². The summed E-state index contributed by atoms with van der Waals surface area (Å²) in [4.78, 5) is 24.7. The molecule has 1 heterocycles. The molecule has 8 heteroatoms. The molecule has 0 radical (unpaired) electrons. The molecule has 1 N–H and O–H groups in total. The van der Waals surface area contributed by atoms with E-state index in [4.69, 9.17) is 5.11 Å². The number of sulfonamides is 1. The van der Waals surface area contributed by atoms with Crippen molar-refractivity contribution in [1.82, 2.24) is 9.21 Å². The van der Waals surface area contributed by atoms with Gasteiger partial charge in [0.25, 0.3) is 0 Å². The van der Waals surface area contributed by atoms with Crippen molar-refractivity contribution in [3.05, 3.63) is 0 Å². The van der Waals surface area contributed by atoms with E-state index in [0.717, 1.165) is 0 Å². The van der Waals surface area contributed by atoms with E-state index in [-0.39, 0.29) is 30.2 Å². The molecule has 0 spiro atoms. The Kier molecular flexibility index (Phi) is 6.80. The van der Waals surface area contributed by atoms with Crippen molar-refractivity contribution in [2.75, 3.05) is 25.4 Å². The molecule has 0 unspecified atom stereocenters. The van der Waals surface area contributed by atoms with Gasteiger partial charge in [-0.25, -0.2) is 12.7 Å². The molecule has 1 aliphatic heterocycles. The predicted octanol–water partition coefficient (Wildman–Crippen LogP) is 0.760. The lowest BCUT2D eigenvalue weighted by Gasteiger charge is -2.37. The fraction of sp³-hybridized carbons (Fsp3) is 0.857. The van der Waals surface area contributed by atoms with E-state index in [9.17, 15) is 18.0 Å². The van der Waals surface area contributed by atoms with Gasteiger partial charge in [0.2, 0.25) is 15.9 Å². The minimum absolute atomic E-state index is 0.0583. The standard InChI is InChI=1S/C14H26N2O5S/c1-4-22(20,21)15-7-5-12(6-8-15)16(10-14(18)19)13(17)9-11(2)3/h11-12H,4-10H2,1-3H3,(H,18,19). The molecule has 128 valence electrons. The number of aliphatic carboxylic acids is 1. The molecule has 0 aromatic heterocycles. The molecule has 7 nitrogen and oxygen atoms in total. The third-order valence-electron chi connectivity index (χ3n) is 3.83. The van der Waals surface area contributed by atoms with Crippen LogP contribution in [0.3, 0.4) is 0 Å². The van der Waals surface area contributed by atoms with Crippen LogP contribution in [0.5, 0.6) is 0 Å². The molecular weight excluding hydrogens is 308 g/mol. The number of carboxylic acid groups (broad SMARTS) is 1. The summed E-state index contributed by atoms with van der Waals surface area (Å²) < 4.78 is 25.1. The Morgan fingerprint density at radius 3 is 2.23 bits per heavy atom. The van der Waals surface area contributed by atoms with Gasteiger partial charge in [-0.3, -0.25) is 9.59 Å². The fourth-order valence-corrected chi connectivity index (χ4v) is 3.78. The van der Waals surface area contributed by atoms with Gasteiger partial charge in [0.05, 0.1) is 5.75 Å². The van der Waals surface area contributed by atoms with Gasteiger partial charge in [0, 0.05) is 25.6 Å². The number of carbonyl (C=O) groups is 2. The number of amides is 1. The van der Waals surface area contributed by atoms with E-state index in [1.165, 1.54) is 9.21 Å². The van der Waals surface area contributed by atoms with Crippen LogP contribution < -0.4 is 0 Å². The SMILES string of the molecule is CCS(=O)(=O)N1CCC(N(CC(=O)O)C(=O)CC(C)C)CC1. The second-order valence-corrected chi connectivity index (χ2v) is 8.30. The Bertz CT molecular complexity index is 495. The number of rotatable bonds is 7. The van der Waals surface area contributed by atoms with Crippen molar-refractivity contribution < 1.29 is 23.1 Å². The third kappa shape index (κ3) is 5.24. The predicted molar refractivity (Wildman–Crippen MR) is 82.9 cm³/mol. The lowest BCUT2D eigenvalue weighted by Crippen LogP contribution is -2.50. The van der Waals surface area contributed by atoms with Crippen LogP contribution in [0.15, 0.2) is 0 Å². The Hall–Kier alpha value is -1.15. The van der Waals surface area contributed by atoms with Gasteiger partial charge in [-0.2, -0.15) is 0 Å². The topological polar surface area (TPSA) is 95.0 Å². The minimum Gasteiger partial charge on any atom is -0.480 e. The van der Waals surface area contributed by atoms with Crippen LogP contribution in [0.4, 0.5) is 0 Å². The molecule has 1 aliphatic rings. The van der Waals surface area contributed by atoms with Gasteiger partial charge in [-0.15, -0.1) is 0 Å². The van der Waals surface area contributed by atoms with Crippen molar-refractivity contribution >= 4 is 21.9 Å². The van der Waals surface area contributed by atoms with E-state index < -0.39 is 16.0 Å². The molecule has 1 amide bonds. The lowest BCUT2D eigenvalue weighted by atomic mass is 10.0. The average molecular weight is 334 g/mol. The van der Waals surface area contributed by atoms with Crippen LogP contribution in [0.1, 0.15) is 40.0 Å². The zero-order valence-electron chi connectivity index (χ0n) is 13.5. The van der Waals surface area contributed by atoms with Crippen molar-refractivity contribution in [1.29, 1.82) is 0 Å². The van der Waals surface area contributed by atoms with Gasteiger partial charge in [0.1, 0.15) is 6.54 Å². The number of carboxylic acids is 1. The van der Waals surface area contributed by atoms with Crippen molar-refractivity contribution in [3.63, 3.8) is 0 Å². The smallest absolute Gasteiger partial charge is 0.323 e. The summed E-state index contributed by atoms with van der Waals surface area (Å²) in [7, 11) is -3.22. The molecule has 0 bridgehead atoms. The summed E-state index contributed by atoms with van der Waals surface area (Å²) >= 11 is 0. The number of nitrogens with zero attached hydrogens (tertiary/aromatic N) is 2. The zero-order valence-corrected chi connectivity index (χ0v) is 14.3. The maximum absolute atomic E-state index is 12.3. The van der Waals surface area contributed by atoms with E-state index >= 15 is 0 Å². The summed E-state index contributed by atoms with van der Waals surface area (Å²) in [6.07, 6.45) is 1.27. The van der Waals surface area contributed by atoms with Crippen molar-refractivity contribution in [2.24, 2.45) is 5.92 Å². The largest absolute Gasteiger partial charge is 0.480 e. The van der Waals surface area contributed by atoms with Crippen LogP contribution in [0, 0.1) is 5.92 Å². The molecule has 1 saturated heterocycles. The highest BCUT2D eigenvalue weighted by Crippen LogP contribution is 2.20. The van der Waals surface area contributed by atoms with Crippen molar-refractivity contribution in [2.45, 2.75) is 46.1 Å². The fourth-order valence-electron chi connectivity index (χ4n) is 2.65. The third-order valence-corrected chi connectivity index (χ3v) is 5.71. The lowest BCUT2D eigenvalue weighted by molar-refractivity contribution is -0.147. The first-order chi connectivity index (χ1) is 10.2. The molecule has 1 fully saturated rings. The highest BCUT2D eigenvalue weighted by atomic mass is 32.2. The van der Waals surface area contributed by atoms with Crippen LogP contribution >= 0.6 is 0 Å². The molecule has 22 heavy (non-hydrogen) atoms. The van der Waals surface area contributed by atoms with Crippen LogP contribution in [0.2, 0.25) is 0 Å². The maximum atomic E-state index is 12.3. The average Bonchev–Trinajstić information content (AvgIpc) is 2.44. The second kappa shape index (κ2) is 7.92. The molecule has 0 atom stereocenters. The van der Waals surface area contributed by atoms with E-state index in [1.807, 2.05) is 13.8 Å². The molecule has 0 aliphatic carbocycles. The Labute approximate surface area is 132 Å². The summed E-state index contributed by atoms with van der Waals surface area (Å²) in [5.74, 6) is -0.998. The van der Waals surface area contributed by atoms with Crippen LogP contribution in [-0.2, 0) is 19.6 Å². The number of piperidine rings is 1. The van der Waals surface area contributed by atoms with Gasteiger partial charge >= 0.3 is 5.97 Å². The van der Waals surface area contributed by atoms with E-state index in [0.29, 0.717) is 32.4 Å². The van der Waals surface area contributed by atoms with Crippen LogP contribution in [0.25, 0.3) is 0 Å². The summed E-state index contributed by atoms with van der Waals surface area (Å²) in [5, 5.41) is 9.02. The molecular formula is C14H26N2O5S. The Balaban J connectivity index is 2.74. The van der Waals surface area contributed by atoms with Gasteiger partial charge in [-0.05, 0) is 25.7 Å². The first-order valence-corrected chi connectivity index (χ1v) is 9.27. The molecule has 1 rings (SSSR count). The minimum atomic E-state index is -3.22. The Morgan fingerprint density at radius 1 is 1.27 bits per heavy atom. The molecule has 0 aromatic rings. The number of hydrogen-bond acceptors (Lipinski definition) is 4.